The van der Waals surface area contributed by atoms with Crippen LogP contribution in [0, 0.1) is 6.92 Å². The zero-order chi connectivity index (χ0) is 19.5. The number of para-hydroxylation sites is 1. The normalized spacial score (nSPS) is 14.1. The van der Waals surface area contributed by atoms with Gasteiger partial charge in [-0.3, -0.25) is 4.79 Å². The lowest BCUT2D eigenvalue weighted by Gasteiger charge is -2.26. The third kappa shape index (κ3) is 3.78. The highest BCUT2D eigenvalue weighted by Gasteiger charge is 2.22. The van der Waals surface area contributed by atoms with Crippen LogP contribution >= 0.6 is 11.8 Å². The van der Waals surface area contributed by atoms with Gasteiger partial charge in [0.05, 0.1) is 12.8 Å². The van der Waals surface area contributed by atoms with Gasteiger partial charge in [0.2, 0.25) is 0 Å². The molecule has 6 heteroatoms. The number of nitrogens with one attached hydrogen (secondary N) is 1. The van der Waals surface area contributed by atoms with Crippen molar-refractivity contribution < 1.29 is 9.53 Å². The second kappa shape index (κ2) is 8.10. The van der Waals surface area contributed by atoms with Gasteiger partial charge in [0.15, 0.2) is 0 Å². The number of aromatic nitrogens is 1. The highest BCUT2D eigenvalue weighted by atomic mass is 32.2. The number of fused-ring (bicyclic) bond motifs is 1. The Morgan fingerprint density at radius 2 is 1.89 bits per heavy atom. The molecule has 1 aliphatic rings. The van der Waals surface area contributed by atoms with E-state index >= 15 is 0 Å². The van der Waals surface area contributed by atoms with E-state index in [0.29, 0.717) is 17.0 Å². The standard InChI is InChI=1S/C22H23N3O2S/c1-15-6-8-16(9-7-15)23-18-14-19(22(26)25-10-12-28-13-11-25)24-21-17(18)4-3-5-20(21)27-2/h3-9,14H,10-13H2,1-2H3,(H,23,24). The quantitative estimate of drug-likeness (QED) is 0.708. The van der Waals surface area contributed by atoms with Crippen molar-refractivity contribution in [2.75, 3.05) is 37.0 Å². The van der Waals surface area contributed by atoms with Gasteiger partial charge in [-0.05, 0) is 31.2 Å². The van der Waals surface area contributed by atoms with Gasteiger partial charge in [0.25, 0.3) is 5.91 Å². The molecule has 2 heterocycles. The molecule has 2 aromatic carbocycles. The summed E-state index contributed by atoms with van der Waals surface area (Å²) in [7, 11) is 1.62. The Morgan fingerprint density at radius 3 is 2.61 bits per heavy atom. The zero-order valence-corrected chi connectivity index (χ0v) is 16.9. The molecule has 5 nitrogen and oxygen atoms in total. The van der Waals surface area contributed by atoms with Gasteiger partial charge in [-0.25, -0.2) is 4.98 Å². The molecule has 144 valence electrons. The summed E-state index contributed by atoms with van der Waals surface area (Å²) < 4.78 is 5.51. The first-order valence-electron chi connectivity index (χ1n) is 9.34. The van der Waals surface area contributed by atoms with E-state index in [2.05, 4.69) is 29.4 Å². The molecule has 1 saturated heterocycles. The van der Waals surface area contributed by atoms with Crippen LogP contribution in [-0.4, -0.2) is 47.5 Å². The summed E-state index contributed by atoms with van der Waals surface area (Å²) in [6.45, 7) is 3.58. The van der Waals surface area contributed by atoms with E-state index in [4.69, 9.17) is 4.74 Å². The average molecular weight is 394 g/mol. The third-order valence-electron chi connectivity index (χ3n) is 4.87. The number of hydrogen-bond acceptors (Lipinski definition) is 5. The van der Waals surface area contributed by atoms with Crippen LogP contribution in [0.1, 0.15) is 16.1 Å². The first kappa shape index (κ1) is 18.6. The fourth-order valence-electron chi connectivity index (χ4n) is 3.32. The number of rotatable bonds is 4. The Bertz CT molecular complexity index is 999. The molecule has 0 atom stereocenters. The molecule has 0 unspecified atom stereocenters. The predicted molar refractivity (Wildman–Crippen MR) is 116 cm³/mol. The second-order valence-corrected chi connectivity index (χ2v) is 8.03. The largest absolute Gasteiger partial charge is 0.494 e. The van der Waals surface area contributed by atoms with Crippen LogP contribution < -0.4 is 10.1 Å². The minimum atomic E-state index is -0.0277. The smallest absolute Gasteiger partial charge is 0.272 e. The first-order chi connectivity index (χ1) is 13.7. The minimum Gasteiger partial charge on any atom is -0.494 e. The summed E-state index contributed by atoms with van der Waals surface area (Å²) in [5.74, 6) is 2.57. The number of aryl methyl sites for hydroxylation is 1. The van der Waals surface area contributed by atoms with Crippen molar-refractivity contribution in [2.24, 2.45) is 0 Å². The van der Waals surface area contributed by atoms with Gasteiger partial charge >= 0.3 is 0 Å². The molecule has 1 N–H and O–H groups in total. The monoisotopic (exact) mass is 393 g/mol. The maximum absolute atomic E-state index is 13.1. The minimum absolute atomic E-state index is 0.0277. The van der Waals surface area contributed by atoms with Crippen molar-refractivity contribution in [1.82, 2.24) is 9.88 Å². The van der Waals surface area contributed by atoms with E-state index in [0.717, 1.165) is 41.4 Å². The Kier molecular flexibility index (Phi) is 5.39. The van der Waals surface area contributed by atoms with Gasteiger partial charge in [-0.1, -0.05) is 29.8 Å². The Labute approximate surface area is 169 Å². The topological polar surface area (TPSA) is 54.5 Å². The summed E-state index contributed by atoms with van der Waals surface area (Å²) in [4.78, 5) is 19.6. The average Bonchev–Trinajstić information content (AvgIpc) is 2.75. The SMILES string of the molecule is COc1cccc2c(Nc3ccc(C)cc3)cc(C(=O)N3CCSCC3)nc12. The molecular weight excluding hydrogens is 370 g/mol. The lowest BCUT2D eigenvalue weighted by atomic mass is 10.1. The summed E-state index contributed by atoms with van der Waals surface area (Å²) in [5.41, 5.74) is 4.15. The molecule has 1 aliphatic heterocycles. The van der Waals surface area contributed by atoms with Crippen LogP contribution in [0.3, 0.4) is 0 Å². The van der Waals surface area contributed by atoms with Crippen molar-refractivity contribution in [3.05, 3.63) is 59.8 Å². The Morgan fingerprint density at radius 1 is 1.14 bits per heavy atom. The third-order valence-corrected chi connectivity index (χ3v) is 5.81. The van der Waals surface area contributed by atoms with Crippen LogP contribution in [0.4, 0.5) is 11.4 Å². The predicted octanol–water partition coefficient (Wildman–Crippen LogP) is 4.48. The van der Waals surface area contributed by atoms with Gasteiger partial charge in [0, 0.05) is 35.7 Å². The van der Waals surface area contributed by atoms with Gasteiger partial charge in [-0.2, -0.15) is 11.8 Å². The van der Waals surface area contributed by atoms with Crippen molar-refractivity contribution in [3.63, 3.8) is 0 Å². The summed E-state index contributed by atoms with van der Waals surface area (Å²) in [5, 5.41) is 4.38. The van der Waals surface area contributed by atoms with Crippen LogP contribution in [0.2, 0.25) is 0 Å². The molecular formula is C22H23N3O2S. The summed E-state index contributed by atoms with van der Waals surface area (Å²) in [6.07, 6.45) is 0. The van der Waals surface area contributed by atoms with Crippen LogP contribution in [0.5, 0.6) is 5.75 Å². The first-order valence-corrected chi connectivity index (χ1v) is 10.5. The van der Waals surface area contributed by atoms with Gasteiger partial charge in [-0.15, -0.1) is 0 Å². The number of pyridine rings is 1. The van der Waals surface area contributed by atoms with Crippen LogP contribution in [0.25, 0.3) is 10.9 Å². The number of carbonyl (C=O) groups is 1. The molecule has 3 aromatic rings. The molecule has 4 rings (SSSR count). The van der Waals surface area contributed by atoms with Crippen molar-refractivity contribution in [3.8, 4) is 5.75 Å². The Balaban J connectivity index is 1.79. The molecule has 1 amide bonds. The molecule has 1 aromatic heterocycles. The maximum Gasteiger partial charge on any atom is 0.272 e. The number of benzene rings is 2. The fraction of sp³-hybridized carbons (Fsp3) is 0.273. The van der Waals surface area contributed by atoms with E-state index in [-0.39, 0.29) is 5.91 Å². The molecule has 0 saturated carbocycles. The molecule has 0 aliphatic carbocycles. The second-order valence-electron chi connectivity index (χ2n) is 6.81. The van der Waals surface area contributed by atoms with E-state index in [1.165, 1.54) is 5.56 Å². The number of amides is 1. The lowest BCUT2D eigenvalue weighted by molar-refractivity contribution is 0.0767. The maximum atomic E-state index is 13.1. The number of methoxy groups -OCH3 is 1. The molecule has 0 radical (unpaired) electrons. The summed E-state index contributed by atoms with van der Waals surface area (Å²) in [6, 6.07) is 15.8. The van der Waals surface area contributed by atoms with Crippen molar-refractivity contribution in [2.45, 2.75) is 6.92 Å². The number of thioether (sulfide) groups is 1. The molecule has 0 bridgehead atoms. The van der Waals surface area contributed by atoms with E-state index in [1.807, 2.05) is 53.1 Å². The summed E-state index contributed by atoms with van der Waals surface area (Å²) >= 11 is 1.88. The lowest BCUT2D eigenvalue weighted by Crippen LogP contribution is -2.38. The van der Waals surface area contributed by atoms with Crippen molar-refractivity contribution >= 4 is 39.9 Å². The van der Waals surface area contributed by atoms with Gasteiger partial charge in [0.1, 0.15) is 17.0 Å². The van der Waals surface area contributed by atoms with Crippen LogP contribution in [0.15, 0.2) is 48.5 Å². The molecule has 28 heavy (non-hydrogen) atoms. The van der Waals surface area contributed by atoms with E-state index in [1.54, 1.807) is 7.11 Å². The fourth-order valence-corrected chi connectivity index (χ4v) is 4.22. The Hall–Kier alpha value is -2.73. The van der Waals surface area contributed by atoms with Crippen molar-refractivity contribution in [1.29, 1.82) is 0 Å². The zero-order valence-electron chi connectivity index (χ0n) is 16.1. The number of nitrogens with zero attached hydrogens (tertiary/aromatic N) is 2. The highest BCUT2D eigenvalue weighted by Crippen LogP contribution is 2.32. The number of hydrogen-bond donors (Lipinski definition) is 1. The number of carbonyl (C=O) groups excluding carboxylic acids is 1. The molecule has 1 fully saturated rings. The van der Waals surface area contributed by atoms with E-state index in [9.17, 15) is 4.79 Å². The highest BCUT2D eigenvalue weighted by molar-refractivity contribution is 7.99. The number of anilines is 2. The van der Waals surface area contributed by atoms with Gasteiger partial charge < -0.3 is 15.0 Å². The molecule has 0 spiro atoms. The number of ether oxygens (including phenoxy) is 1. The van der Waals surface area contributed by atoms with E-state index < -0.39 is 0 Å². The van der Waals surface area contributed by atoms with Crippen LogP contribution in [-0.2, 0) is 0 Å².